The Kier molecular flexibility index (Phi) is 12.5. The number of carbonyl (C=O) groups is 3. The van der Waals surface area contributed by atoms with E-state index in [-0.39, 0.29) is 5.75 Å². The van der Waals surface area contributed by atoms with Gasteiger partial charge < -0.3 is 21.5 Å². The third kappa shape index (κ3) is 9.33. The molecule has 5 N–H and O–H groups in total. The molecule has 0 aliphatic carbocycles. The first-order chi connectivity index (χ1) is 10.9. The lowest BCUT2D eigenvalue weighted by atomic mass is 10.2. The first-order valence-corrected chi connectivity index (χ1v) is 10.5. The SMILES string of the molecule is CSCC[C@H](NC(=O)[C@H](CS)NC(=O)[C@@H](N)CCSC)C(=O)O. The fourth-order valence-corrected chi connectivity index (χ4v) is 2.83. The Bertz CT molecular complexity index is 399. The van der Waals surface area contributed by atoms with Crippen molar-refractivity contribution in [3.8, 4) is 0 Å². The maximum Gasteiger partial charge on any atom is 0.326 e. The van der Waals surface area contributed by atoms with Crippen LogP contribution in [0.1, 0.15) is 12.8 Å². The lowest BCUT2D eigenvalue weighted by molar-refractivity contribution is -0.142. The number of nitrogens with two attached hydrogens (primary N) is 1. The first-order valence-electron chi connectivity index (χ1n) is 7.05. The lowest BCUT2D eigenvalue weighted by Gasteiger charge is -2.21. The molecule has 0 aromatic heterocycles. The molecule has 7 nitrogen and oxygen atoms in total. The molecule has 0 saturated heterocycles. The molecule has 23 heavy (non-hydrogen) atoms. The van der Waals surface area contributed by atoms with Crippen molar-refractivity contribution in [2.75, 3.05) is 29.8 Å². The van der Waals surface area contributed by atoms with Gasteiger partial charge in [-0.25, -0.2) is 4.79 Å². The molecule has 3 atom stereocenters. The average molecular weight is 384 g/mol. The van der Waals surface area contributed by atoms with Crippen LogP contribution in [-0.4, -0.2) is 70.8 Å². The van der Waals surface area contributed by atoms with Crippen molar-refractivity contribution in [3.05, 3.63) is 0 Å². The Morgan fingerprint density at radius 2 is 1.57 bits per heavy atom. The summed E-state index contributed by atoms with van der Waals surface area (Å²) in [5.41, 5.74) is 5.74. The third-order valence-corrected chi connectivity index (χ3v) is 4.66. The molecule has 0 spiro atoms. The molecule has 0 aliphatic heterocycles. The number of hydrogen-bond acceptors (Lipinski definition) is 7. The highest BCUT2D eigenvalue weighted by molar-refractivity contribution is 7.98. The summed E-state index contributed by atoms with van der Waals surface area (Å²) >= 11 is 7.11. The predicted octanol–water partition coefficient (Wildman–Crippen LogP) is -0.196. The van der Waals surface area contributed by atoms with Gasteiger partial charge in [-0.1, -0.05) is 0 Å². The summed E-state index contributed by atoms with van der Waals surface area (Å²) in [6, 6.07) is -2.61. The van der Waals surface area contributed by atoms with Gasteiger partial charge in [0.15, 0.2) is 0 Å². The molecule has 0 saturated carbocycles. The van der Waals surface area contributed by atoms with E-state index in [0.29, 0.717) is 18.6 Å². The summed E-state index contributed by atoms with van der Waals surface area (Å²) in [6.07, 6.45) is 4.57. The van der Waals surface area contributed by atoms with Crippen LogP contribution in [-0.2, 0) is 14.4 Å². The van der Waals surface area contributed by atoms with E-state index >= 15 is 0 Å². The maximum atomic E-state index is 12.1. The van der Waals surface area contributed by atoms with Crippen LogP contribution < -0.4 is 16.4 Å². The minimum atomic E-state index is -1.10. The Labute approximate surface area is 150 Å². The smallest absolute Gasteiger partial charge is 0.326 e. The Hall–Kier alpha value is -0.580. The topological polar surface area (TPSA) is 122 Å². The number of rotatable bonds is 12. The Balaban J connectivity index is 4.60. The number of hydrogen-bond donors (Lipinski definition) is 5. The van der Waals surface area contributed by atoms with E-state index in [0.717, 1.165) is 5.75 Å². The molecule has 134 valence electrons. The van der Waals surface area contributed by atoms with Crippen LogP contribution in [0.3, 0.4) is 0 Å². The third-order valence-electron chi connectivity index (χ3n) is 3.01. The number of thiol groups is 1. The van der Waals surface area contributed by atoms with Crippen molar-refractivity contribution in [2.24, 2.45) is 5.73 Å². The maximum absolute atomic E-state index is 12.1. The number of carboxylic acids is 1. The van der Waals surface area contributed by atoms with Crippen LogP contribution in [0.2, 0.25) is 0 Å². The fraction of sp³-hybridized carbons (Fsp3) is 0.769. The van der Waals surface area contributed by atoms with Crippen molar-refractivity contribution in [1.29, 1.82) is 0 Å². The summed E-state index contributed by atoms with van der Waals surface area (Å²) in [4.78, 5) is 35.2. The zero-order chi connectivity index (χ0) is 17.8. The minimum Gasteiger partial charge on any atom is -0.480 e. The molecule has 0 bridgehead atoms. The van der Waals surface area contributed by atoms with Gasteiger partial charge in [0, 0.05) is 5.75 Å². The summed E-state index contributed by atoms with van der Waals surface area (Å²) in [6.45, 7) is 0. The molecule has 0 radical (unpaired) electrons. The second kappa shape index (κ2) is 12.8. The molecule has 0 aromatic carbocycles. The van der Waals surface area contributed by atoms with Crippen LogP contribution in [0, 0.1) is 0 Å². The van der Waals surface area contributed by atoms with Gasteiger partial charge in [0.2, 0.25) is 11.8 Å². The van der Waals surface area contributed by atoms with Crippen molar-refractivity contribution in [1.82, 2.24) is 10.6 Å². The van der Waals surface area contributed by atoms with Crippen LogP contribution >= 0.6 is 36.2 Å². The van der Waals surface area contributed by atoms with E-state index in [1.54, 1.807) is 11.8 Å². The second-order valence-electron chi connectivity index (χ2n) is 4.81. The zero-order valence-electron chi connectivity index (χ0n) is 13.3. The molecule has 0 heterocycles. The zero-order valence-corrected chi connectivity index (χ0v) is 15.8. The number of carbonyl (C=O) groups excluding carboxylic acids is 2. The second-order valence-corrected chi connectivity index (χ2v) is 7.15. The van der Waals surface area contributed by atoms with Gasteiger partial charge in [-0.3, -0.25) is 9.59 Å². The highest BCUT2D eigenvalue weighted by atomic mass is 32.2. The van der Waals surface area contributed by atoms with E-state index < -0.39 is 35.9 Å². The predicted molar refractivity (Wildman–Crippen MR) is 99.3 cm³/mol. The monoisotopic (exact) mass is 383 g/mol. The highest BCUT2D eigenvalue weighted by Crippen LogP contribution is 2.03. The van der Waals surface area contributed by atoms with Crippen LogP contribution in [0.5, 0.6) is 0 Å². The molecule has 0 unspecified atom stereocenters. The molecule has 0 aromatic rings. The molecule has 0 rings (SSSR count). The van der Waals surface area contributed by atoms with Gasteiger partial charge in [0.05, 0.1) is 6.04 Å². The van der Waals surface area contributed by atoms with Gasteiger partial charge in [-0.05, 0) is 36.9 Å². The number of amides is 2. The van der Waals surface area contributed by atoms with E-state index in [2.05, 4.69) is 23.3 Å². The molecule has 0 aliphatic rings. The van der Waals surface area contributed by atoms with Gasteiger partial charge in [-0.2, -0.15) is 36.2 Å². The first kappa shape index (κ1) is 22.4. The molecular formula is C13H25N3O4S3. The molecular weight excluding hydrogens is 358 g/mol. The molecule has 2 amide bonds. The largest absolute Gasteiger partial charge is 0.480 e. The number of thioether (sulfide) groups is 2. The normalized spacial score (nSPS) is 14.6. The molecule has 0 fully saturated rings. The van der Waals surface area contributed by atoms with Crippen molar-refractivity contribution < 1.29 is 19.5 Å². The lowest BCUT2D eigenvalue weighted by Crippen LogP contribution is -2.55. The van der Waals surface area contributed by atoms with Crippen molar-refractivity contribution in [3.63, 3.8) is 0 Å². The van der Waals surface area contributed by atoms with Crippen LogP contribution in [0.15, 0.2) is 0 Å². The van der Waals surface area contributed by atoms with E-state index in [1.807, 2.05) is 12.5 Å². The number of nitrogens with one attached hydrogen (secondary N) is 2. The fourth-order valence-electron chi connectivity index (χ4n) is 1.61. The van der Waals surface area contributed by atoms with Gasteiger partial charge >= 0.3 is 5.97 Å². The Morgan fingerprint density at radius 3 is 2.04 bits per heavy atom. The van der Waals surface area contributed by atoms with E-state index in [4.69, 9.17) is 10.8 Å². The summed E-state index contributed by atoms with van der Waals surface area (Å²) in [7, 11) is 0. The number of aliphatic carboxylic acids is 1. The van der Waals surface area contributed by atoms with Gasteiger partial charge in [-0.15, -0.1) is 0 Å². The average Bonchev–Trinajstić information content (AvgIpc) is 2.53. The van der Waals surface area contributed by atoms with Gasteiger partial charge in [0.1, 0.15) is 12.1 Å². The molecule has 10 heteroatoms. The quantitative estimate of drug-likeness (QED) is 0.296. The summed E-state index contributed by atoms with van der Waals surface area (Å²) in [5, 5.41) is 14.1. The van der Waals surface area contributed by atoms with Gasteiger partial charge in [0.25, 0.3) is 0 Å². The van der Waals surface area contributed by atoms with Crippen LogP contribution in [0.25, 0.3) is 0 Å². The highest BCUT2D eigenvalue weighted by Gasteiger charge is 2.26. The Morgan fingerprint density at radius 1 is 1.04 bits per heavy atom. The van der Waals surface area contributed by atoms with E-state index in [9.17, 15) is 14.4 Å². The summed E-state index contributed by atoms with van der Waals surface area (Å²) < 4.78 is 0. The number of carboxylic acid groups (broad SMARTS) is 1. The minimum absolute atomic E-state index is 0.0572. The van der Waals surface area contributed by atoms with Crippen molar-refractivity contribution >= 4 is 53.9 Å². The van der Waals surface area contributed by atoms with Crippen molar-refractivity contribution in [2.45, 2.75) is 31.0 Å². The standard InChI is InChI=1S/C13H25N3O4S3/c1-22-5-3-8(14)11(17)16-10(7-21)12(18)15-9(13(19)20)4-6-23-2/h8-10,21H,3-7,14H2,1-2H3,(H,15,18)(H,16,17)(H,19,20)/t8-,9-,10-/m0/s1. The summed E-state index contributed by atoms with van der Waals surface area (Å²) in [5.74, 6) is -0.713. The van der Waals surface area contributed by atoms with Crippen LogP contribution in [0.4, 0.5) is 0 Å². The van der Waals surface area contributed by atoms with E-state index in [1.165, 1.54) is 11.8 Å².